The van der Waals surface area contributed by atoms with Gasteiger partial charge in [0.2, 0.25) is 0 Å². The first kappa shape index (κ1) is 12.8. The van der Waals surface area contributed by atoms with Crippen molar-refractivity contribution in [3.05, 3.63) is 33.8 Å². The van der Waals surface area contributed by atoms with E-state index in [9.17, 15) is 0 Å². The minimum absolute atomic E-state index is 0.507. The molecule has 0 aliphatic carbocycles. The van der Waals surface area contributed by atoms with E-state index in [1.807, 2.05) is 12.1 Å². The Morgan fingerprint density at radius 2 is 2.07 bits per heavy atom. The van der Waals surface area contributed by atoms with E-state index in [0.29, 0.717) is 29.1 Å². The number of hydroxylamine groups is 1. The fourth-order valence-electron chi connectivity index (χ4n) is 1.04. The van der Waals surface area contributed by atoms with E-state index >= 15 is 0 Å². The lowest BCUT2D eigenvalue weighted by Crippen LogP contribution is -2.17. The summed E-state index contributed by atoms with van der Waals surface area (Å²) in [5, 5.41) is 1.15. The fourth-order valence-corrected chi connectivity index (χ4v) is 1.43. The Morgan fingerprint density at radius 1 is 1.33 bits per heavy atom. The lowest BCUT2D eigenvalue weighted by molar-refractivity contribution is 0.0196. The molecule has 0 spiro atoms. The average Bonchev–Trinajstić information content (AvgIpc) is 2.18. The fraction of sp³-hybridized carbons (Fsp3) is 0.455. The Kier molecular flexibility index (Phi) is 5.40. The van der Waals surface area contributed by atoms with Crippen LogP contribution in [0.1, 0.15) is 19.4 Å². The first-order valence-corrected chi connectivity index (χ1v) is 5.64. The standard InChI is InChI=1S/C11H15Cl2NO/c1-8(2)7-15-14-6-9-4-3-5-10(12)11(9)13/h3-5,8,14H,6-7H2,1-2H3. The molecule has 0 fully saturated rings. The highest BCUT2D eigenvalue weighted by Gasteiger charge is 2.03. The van der Waals surface area contributed by atoms with Crippen LogP contribution in [0.15, 0.2) is 18.2 Å². The predicted octanol–water partition coefficient (Wildman–Crippen LogP) is 3.67. The molecule has 1 aromatic carbocycles. The number of rotatable bonds is 5. The van der Waals surface area contributed by atoms with E-state index in [4.69, 9.17) is 28.0 Å². The van der Waals surface area contributed by atoms with Crippen LogP contribution in [0.4, 0.5) is 0 Å². The van der Waals surface area contributed by atoms with Gasteiger partial charge in [0.15, 0.2) is 0 Å². The van der Waals surface area contributed by atoms with E-state index in [1.165, 1.54) is 0 Å². The van der Waals surface area contributed by atoms with Crippen molar-refractivity contribution in [1.29, 1.82) is 0 Å². The summed E-state index contributed by atoms with van der Waals surface area (Å²) in [5.74, 6) is 0.507. The normalized spacial score (nSPS) is 11.0. The van der Waals surface area contributed by atoms with Gasteiger partial charge >= 0.3 is 0 Å². The third kappa shape index (κ3) is 4.39. The number of benzene rings is 1. The van der Waals surface area contributed by atoms with E-state index in [2.05, 4.69) is 19.3 Å². The first-order valence-electron chi connectivity index (χ1n) is 4.88. The molecular formula is C11H15Cl2NO. The summed E-state index contributed by atoms with van der Waals surface area (Å²) in [6.07, 6.45) is 0. The van der Waals surface area contributed by atoms with Gasteiger partial charge in [0.25, 0.3) is 0 Å². The number of hydrogen-bond donors (Lipinski definition) is 1. The van der Waals surface area contributed by atoms with Crippen molar-refractivity contribution < 1.29 is 4.84 Å². The molecule has 0 atom stereocenters. The van der Waals surface area contributed by atoms with E-state index in [0.717, 1.165) is 5.56 Å². The molecule has 0 aromatic heterocycles. The molecule has 0 bridgehead atoms. The molecule has 1 rings (SSSR count). The second-order valence-electron chi connectivity index (χ2n) is 3.74. The molecule has 0 aliphatic rings. The molecule has 0 radical (unpaired) electrons. The SMILES string of the molecule is CC(C)CONCc1cccc(Cl)c1Cl. The lowest BCUT2D eigenvalue weighted by Gasteiger charge is -2.09. The van der Waals surface area contributed by atoms with Crippen LogP contribution in [0.2, 0.25) is 10.0 Å². The molecule has 0 heterocycles. The number of halogens is 2. The van der Waals surface area contributed by atoms with Gasteiger partial charge in [-0.25, -0.2) is 0 Å². The van der Waals surface area contributed by atoms with Gasteiger partial charge in [-0.05, 0) is 17.5 Å². The highest BCUT2D eigenvalue weighted by Crippen LogP contribution is 2.25. The van der Waals surface area contributed by atoms with Gasteiger partial charge < -0.3 is 4.84 Å². The second-order valence-corrected chi connectivity index (χ2v) is 4.52. The van der Waals surface area contributed by atoms with Crippen LogP contribution in [-0.2, 0) is 11.4 Å². The molecule has 4 heteroatoms. The summed E-state index contributed by atoms with van der Waals surface area (Å²) >= 11 is 11.9. The minimum Gasteiger partial charge on any atom is -0.301 e. The zero-order valence-corrected chi connectivity index (χ0v) is 10.4. The Hall–Kier alpha value is -0.280. The van der Waals surface area contributed by atoms with Crippen LogP contribution in [0.25, 0.3) is 0 Å². The summed E-state index contributed by atoms with van der Waals surface area (Å²) < 4.78 is 0. The molecule has 0 saturated heterocycles. The van der Waals surface area contributed by atoms with Crippen molar-refractivity contribution in [1.82, 2.24) is 5.48 Å². The van der Waals surface area contributed by atoms with Gasteiger partial charge in [-0.15, -0.1) is 0 Å². The van der Waals surface area contributed by atoms with Crippen molar-refractivity contribution in [3.63, 3.8) is 0 Å². The van der Waals surface area contributed by atoms with E-state index in [1.54, 1.807) is 6.07 Å². The molecule has 0 unspecified atom stereocenters. The highest BCUT2D eigenvalue weighted by atomic mass is 35.5. The topological polar surface area (TPSA) is 21.3 Å². The van der Waals surface area contributed by atoms with Crippen LogP contribution in [0.5, 0.6) is 0 Å². The van der Waals surface area contributed by atoms with Crippen molar-refractivity contribution in [2.45, 2.75) is 20.4 Å². The zero-order valence-electron chi connectivity index (χ0n) is 8.89. The van der Waals surface area contributed by atoms with Gasteiger partial charge in [0.1, 0.15) is 0 Å². The molecule has 1 aromatic rings. The monoisotopic (exact) mass is 247 g/mol. The third-order valence-electron chi connectivity index (χ3n) is 1.81. The van der Waals surface area contributed by atoms with Gasteiger partial charge in [-0.1, -0.05) is 49.2 Å². The zero-order chi connectivity index (χ0) is 11.3. The Morgan fingerprint density at radius 3 is 2.73 bits per heavy atom. The summed E-state index contributed by atoms with van der Waals surface area (Å²) in [7, 11) is 0. The summed E-state index contributed by atoms with van der Waals surface area (Å²) in [6, 6.07) is 5.55. The maximum atomic E-state index is 6.01. The predicted molar refractivity (Wildman–Crippen MR) is 64.1 cm³/mol. The first-order chi connectivity index (χ1) is 7.11. The van der Waals surface area contributed by atoms with Gasteiger partial charge in [-0.2, -0.15) is 5.48 Å². The molecular weight excluding hydrogens is 233 g/mol. The Labute approximate surface area is 100 Å². The average molecular weight is 248 g/mol. The van der Waals surface area contributed by atoms with E-state index in [-0.39, 0.29) is 0 Å². The summed E-state index contributed by atoms with van der Waals surface area (Å²) in [6.45, 7) is 5.42. The molecule has 0 amide bonds. The van der Waals surface area contributed by atoms with Crippen molar-refractivity contribution >= 4 is 23.2 Å². The van der Waals surface area contributed by atoms with Gasteiger partial charge in [0, 0.05) is 6.54 Å². The van der Waals surface area contributed by atoms with E-state index < -0.39 is 0 Å². The van der Waals surface area contributed by atoms with Crippen LogP contribution in [0, 0.1) is 5.92 Å². The largest absolute Gasteiger partial charge is 0.301 e. The quantitative estimate of drug-likeness (QED) is 0.634. The van der Waals surface area contributed by atoms with Crippen LogP contribution in [0.3, 0.4) is 0 Å². The Balaban J connectivity index is 2.41. The van der Waals surface area contributed by atoms with Gasteiger partial charge in [-0.3, -0.25) is 0 Å². The summed E-state index contributed by atoms with van der Waals surface area (Å²) in [5.41, 5.74) is 3.80. The Bertz CT molecular complexity index is 315. The molecule has 0 saturated carbocycles. The minimum atomic E-state index is 0.507. The maximum absolute atomic E-state index is 6.01. The van der Waals surface area contributed by atoms with Crippen LogP contribution >= 0.6 is 23.2 Å². The highest BCUT2D eigenvalue weighted by molar-refractivity contribution is 6.42. The second kappa shape index (κ2) is 6.33. The van der Waals surface area contributed by atoms with Crippen molar-refractivity contribution in [3.8, 4) is 0 Å². The molecule has 15 heavy (non-hydrogen) atoms. The van der Waals surface area contributed by atoms with Crippen LogP contribution < -0.4 is 5.48 Å². The number of hydrogen-bond acceptors (Lipinski definition) is 2. The van der Waals surface area contributed by atoms with Gasteiger partial charge in [0.05, 0.1) is 16.7 Å². The summed E-state index contributed by atoms with van der Waals surface area (Å²) in [4.78, 5) is 5.24. The number of nitrogens with one attached hydrogen (secondary N) is 1. The van der Waals surface area contributed by atoms with Crippen LogP contribution in [-0.4, -0.2) is 6.61 Å². The lowest BCUT2D eigenvalue weighted by atomic mass is 10.2. The van der Waals surface area contributed by atoms with Crippen molar-refractivity contribution in [2.24, 2.45) is 5.92 Å². The van der Waals surface area contributed by atoms with Crippen molar-refractivity contribution in [2.75, 3.05) is 6.61 Å². The molecule has 1 N–H and O–H groups in total. The molecule has 0 aliphatic heterocycles. The molecule has 84 valence electrons. The maximum Gasteiger partial charge on any atom is 0.0705 e. The third-order valence-corrected chi connectivity index (χ3v) is 2.67. The smallest absolute Gasteiger partial charge is 0.0705 e. The molecule has 2 nitrogen and oxygen atoms in total.